The summed E-state index contributed by atoms with van der Waals surface area (Å²) in [7, 11) is 0. The van der Waals surface area contributed by atoms with Gasteiger partial charge in [0.2, 0.25) is 0 Å². The number of fused-ring (bicyclic) bond motifs is 1. The summed E-state index contributed by atoms with van der Waals surface area (Å²) < 4.78 is 0. The molecule has 94 valence electrons. The Morgan fingerprint density at radius 2 is 1.79 bits per heavy atom. The van der Waals surface area contributed by atoms with Crippen LogP contribution in [0.2, 0.25) is 0 Å². The van der Waals surface area contributed by atoms with E-state index >= 15 is 0 Å². The molecular weight excluding hydrogens is 272 g/mol. The van der Waals surface area contributed by atoms with E-state index in [4.69, 9.17) is 0 Å². The molecule has 0 aliphatic carbocycles. The average molecular weight is 284 g/mol. The van der Waals surface area contributed by atoms with Crippen LogP contribution in [-0.4, -0.2) is 9.97 Å². The molecule has 0 atom stereocenters. The minimum atomic E-state index is 0.665. The van der Waals surface area contributed by atoms with Gasteiger partial charge in [0.25, 0.3) is 0 Å². The molecule has 0 radical (unpaired) electrons. The van der Waals surface area contributed by atoms with Crippen molar-refractivity contribution in [2.45, 2.75) is 16.2 Å². The third-order valence-electron chi connectivity index (χ3n) is 2.96. The molecule has 3 aromatic rings. The lowest BCUT2D eigenvalue weighted by molar-refractivity contribution is 0.976. The lowest BCUT2D eigenvalue weighted by atomic mass is 10.1. The smallest absolute Gasteiger partial charge is 0.0716 e. The van der Waals surface area contributed by atoms with E-state index in [9.17, 15) is 0 Å². The topological polar surface area (TPSA) is 25.8 Å². The first-order valence-corrected chi connectivity index (χ1v) is 6.84. The molecule has 0 unspecified atom stereocenters. The monoisotopic (exact) mass is 284 g/mol. The maximum Gasteiger partial charge on any atom is 0.0716 e. The highest BCUT2D eigenvalue weighted by Crippen LogP contribution is 2.23. The lowest BCUT2D eigenvalue weighted by Gasteiger charge is -2.07. The molecule has 0 spiro atoms. The molecule has 2 heterocycles. The molecule has 0 amide bonds. The molecule has 4 heteroatoms. The Morgan fingerprint density at radius 3 is 2.63 bits per heavy atom. The lowest BCUT2D eigenvalue weighted by Crippen LogP contribution is -1.97. The summed E-state index contributed by atoms with van der Waals surface area (Å²) in [6.45, 7) is 0. The quantitative estimate of drug-likeness (QED) is 0.700. The van der Waals surface area contributed by atoms with Gasteiger partial charge in [-0.15, -0.1) is 25.3 Å². The van der Waals surface area contributed by atoms with Crippen molar-refractivity contribution in [2.24, 2.45) is 0 Å². The zero-order valence-corrected chi connectivity index (χ0v) is 11.9. The Labute approximate surface area is 122 Å². The van der Waals surface area contributed by atoms with Gasteiger partial charge in [-0.25, -0.2) is 0 Å². The van der Waals surface area contributed by atoms with Crippen molar-refractivity contribution in [3.63, 3.8) is 0 Å². The third-order valence-corrected chi connectivity index (χ3v) is 3.74. The van der Waals surface area contributed by atoms with Gasteiger partial charge < -0.3 is 0 Å². The van der Waals surface area contributed by atoms with Crippen LogP contribution < -0.4 is 0 Å². The second-order valence-electron chi connectivity index (χ2n) is 4.30. The van der Waals surface area contributed by atoms with Gasteiger partial charge in [-0.3, -0.25) is 9.97 Å². The molecule has 0 aliphatic rings. The van der Waals surface area contributed by atoms with E-state index in [0.29, 0.717) is 6.42 Å². The van der Waals surface area contributed by atoms with Crippen LogP contribution in [0.25, 0.3) is 10.9 Å². The molecule has 3 rings (SSSR count). The van der Waals surface area contributed by atoms with Gasteiger partial charge in [-0.2, -0.15) is 0 Å². The fourth-order valence-electron chi connectivity index (χ4n) is 2.04. The molecule has 0 N–H and O–H groups in total. The predicted octanol–water partition coefficient (Wildman–Crippen LogP) is 3.80. The van der Waals surface area contributed by atoms with Gasteiger partial charge in [0.1, 0.15) is 0 Å². The Kier molecular flexibility index (Phi) is 3.44. The highest BCUT2D eigenvalue weighted by molar-refractivity contribution is 7.80. The van der Waals surface area contributed by atoms with E-state index in [1.807, 2.05) is 42.5 Å². The van der Waals surface area contributed by atoms with Crippen LogP contribution in [-0.2, 0) is 6.42 Å². The van der Waals surface area contributed by atoms with Crippen LogP contribution in [0.4, 0.5) is 0 Å². The molecule has 0 bridgehead atoms. The Hall–Kier alpha value is -1.52. The van der Waals surface area contributed by atoms with Crippen molar-refractivity contribution >= 4 is 36.2 Å². The minimum Gasteiger partial charge on any atom is -0.260 e. The summed E-state index contributed by atoms with van der Waals surface area (Å²) in [6.07, 6.45) is 2.44. The fraction of sp³-hybridized carbons (Fsp3) is 0.0667. The summed E-state index contributed by atoms with van der Waals surface area (Å²) in [6, 6.07) is 13.8. The molecular formula is C15H12N2S2. The largest absolute Gasteiger partial charge is 0.260 e. The normalized spacial score (nSPS) is 10.8. The first-order valence-electron chi connectivity index (χ1n) is 5.94. The van der Waals surface area contributed by atoms with Crippen LogP contribution in [0.15, 0.2) is 58.5 Å². The van der Waals surface area contributed by atoms with Crippen molar-refractivity contribution in [3.05, 3.63) is 60.0 Å². The first-order chi connectivity index (χ1) is 9.24. The van der Waals surface area contributed by atoms with Crippen molar-refractivity contribution in [1.29, 1.82) is 0 Å². The Balaban J connectivity index is 2.04. The van der Waals surface area contributed by atoms with Crippen molar-refractivity contribution < 1.29 is 0 Å². The number of rotatable bonds is 2. The fourth-order valence-corrected chi connectivity index (χ4v) is 2.60. The van der Waals surface area contributed by atoms with Gasteiger partial charge in [0.05, 0.1) is 11.2 Å². The highest BCUT2D eigenvalue weighted by Gasteiger charge is 2.06. The highest BCUT2D eigenvalue weighted by atomic mass is 32.1. The molecule has 19 heavy (non-hydrogen) atoms. The van der Waals surface area contributed by atoms with E-state index in [2.05, 4.69) is 35.2 Å². The molecule has 1 aromatic carbocycles. The second kappa shape index (κ2) is 5.23. The van der Waals surface area contributed by atoms with Gasteiger partial charge >= 0.3 is 0 Å². The molecule has 0 saturated carbocycles. The SMILES string of the molecule is Sc1cccnc1Cc1cc(S)c2ccccc2n1. The minimum absolute atomic E-state index is 0.665. The van der Waals surface area contributed by atoms with Crippen LogP contribution in [0.1, 0.15) is 11.4 Å². The summed E-state index contributed by atoms with van der Waals surface area (Å²) in [5.41, 5.74) is 2.85. The zero-order chi connectivity index (χ0) is 13.2. The van der Waals surface area contributed by atoms with E-state index in [-0.39, 0.29) is 0 Å². The van der Waals surface area contributed by atoms with Crippen molar-refractivity contribution in [2.75, 3.05) is 0 Å². The van der Waals surface area contributed by atoms with E-state index in [0.717, 1.165) is 32.1 Å². The van der Waals surface area contributed by atoms with Crippen LogP contribution in [0.5, 0.6) is 0 Å². The summed E-state index contributed by atoms with van der Waals surface area (Å²) in [4.78, 5) is 10.8. The number of aromatic nitrogens is 2. The molecule has 0 aliphatic heterocycles. The summed E-state index contributed by atoms with van der Waals surface area (Å²) in [5.74, 6) is 0. The van der Waals surface area contributed by atoms with Gasteiger partial charge in [-0.05, 0) is 24.3 Å². The van der Waals surface area contributed by atoms with E-state index < -0.39 is 0 Å². The first kappa shape index (κ1) is 12.5. The average Bonchev–Trinajstić information content (AvgIpc) is 2.42. The number of thiol groups is 2. The van der Waals surface area contributed by atoms with Crippen LogP contribution >= 0.6 is 25.3 Å². The predicted molar refractivity (Wildman–Crippen MR) is 83.3 cm³/mol. The standard InChI is InChI=1S/C15H12N2S2/c18-14-6-3-7-16-13(14)8-10-9-15(19)11-4-1-2-5-12(11)17-10/h1-7,9,18H,8H2,(H,17,19). The molecule has 0 saturated heterocycles. The number of hydrogen-bond donors (Lipinski definition) is 2. The number of pyridine rings is 2. The molecule has 2 nitrogen and oxygen atoms in total. The maximum atomic E-state index is 4.65. The summed E-state index contributed by atoms with van der Waals surface area (Å²) >= 11 is 8.95. The summed E-state index contributed by atoms with van der Waals surface area (Å²) in [5, 5.41) is 1.07. The number of nitrogens with zero attached hydrogens (tertiary/aromatic N) is 2. The van der Waals surface area contributed by atoms with Crippen molar-refractivity contribution in [3.8, 4) is 0 Å². The van der Waals surface area contributed by atoms with E-state index in [1.54, 1.807) is 6.20 Å². The van der Waals surface area contributed by atoms with Crippen molar-refractivity contribution in [1.82, 2.24) is 9.97 Å². The Morgan fingerprint density at radius 1 is 0.947 bits per heavy atom. The zero-order valence-electron chi connectivity index (χ0n) is 10.1. The Bertz CT molecular complexity index is 741. The number of para-hydroxylation sites is 1. The van der Waals surface area contributed by atoms with Gasteiger partial charge in [-0.1, -0.05) is 18.2 Å². The van der Waals surface area contributed by atoms with Crippen LogP contribution in [0.3, 0.4) is 0 Å². The molecule has 0 fully saturated rings. The van der Waals surface area contributed by atoms with E-state index in [1.165, 1.54) is 0 Å². The second-order valence-corrected chi connectivity index (χ2v) is 5.26. The third kappa shape index (κ3) is 2.60. The molecule has 2 aromatic heterocycles. The number of hydrogen-bond acceptors (Lipinski definition) is 4. The van der Waals surface area contributed by atoms with Gasteiger partial charge in [0.15, 0.2) is 0 Å². The number of benzene rings is 1. The maximum absolute atomic E-state index is 4.65. The van der Waals surface area contributed by atoms with Gasteiger partial charge in [0, 0.05) is 33.5 Å². The van der Waals surface area contributed by atoms with Crippen LogP contribution in [0, 0.1) is 0 Å².